The summed E-state index contributed by atoms with van der Waals surface area (Å²) in [6.45, 7) is 1.99. The molecule has 0 aromatic heterocycles. The molecule has 0 aromatic rings. The monoisotopic (exact) mass is 254 g/mol. The summed E-state index contributed by atoms with van der Waals surface area (Å²) in [5, 5.41) is 3.37. The molecule has 3 aliphatic rings. The summed E-state index contributed by atoms with van der Waals surface area (Å²) in [6, 6.07) is 1.13. The Balaban J connectivity index is 1.66. The second-order valence-electron chi connectivity index (χ2n) is 5.54. The van der Waals surface area contributed by atoms with E-state index in [0.29, 0.717) is 18.0 Å². The van der Waals surface area contributed by atoms with Gasteiger partial charge < -0.3 is 10.2 Å². The maximum Gasteiger partial charge on any atom is 0.227 e. The number of hydrogen-bond donors (Lipinski definition) is 1. The molecule has 96 valence electrons. The van der Waals surface area contributed by atoms with E-state index in [1.165, 1.54) is 30.8 Å². The molecule has 0 radical (unpaired) electrons. The van der Waals surface area contributed by atoms with Crippen molar-refractivity contribution >= 4 is 17.7 Å². The molecule has 1 amide bonds. The molecule has 3 nitrogen and oxygen atoms in total. The van der Waals surface area contributed by atoms with Crippen LogP contribution in [0.3, 0.4) is 0 Å². The van der Waals surface area contributed by atoms with Crippen molar-refractivity contribution in [3.63, 3.8) is 0 Å². The lowest BCUT2D eigenvalue weighted by atomic mass is 9.97. The van der Waals surface area contributed by atoms with Crippen molar-refractivity contribution in [2.75, 3.05) is 24.6 Å². The van der Waals surface area contributed by atoms with Crippen LogP contribution in [0.4, 0.5) is 0 Å². The Bertz CT molecular complexity index is 281. The van der Waals surface area contributed by atoms with E-state index in [1.54, 1.807) is 0 Å². The van der Waals surface area contributed by atoms with Gasteiger partial charge >= 0.3 is 0 Å². The van der Waals surface area contributed by atoms with E-state index in [0.717, 1.165) is 25.9 Å². The Morgan fingerprint density at radius 1 is 1.18 bits per heavy atom. The molecule has 1 aliphatic carbocycles. The minimum absolute atomic E-state index is 0.259. The normalized spacial score (nSPS) is 33.6. The fraction of sp³-hybridized carbons (Fsp3) is 0.923. The number of nitrogens with zero attached hydrogens (tertiary/aromatic N) is 1. The van der Waals surface area contributed by atoms with Gasteiger partial charge in [-0.1, -0.05) is 0 Å². The fourth-order valence-corrected chi connectivity index (χ4v) is 4.23. The molecule has 2 heterocycles. The van der Waals surface area contributed by atoms with Crippen LogP contribution in [0.25, 0.3) is 0 Å². The highest BCUT2D eigenvalue weighted by atomic mass is 32.2. The fourth-order valence-electron chi connectivity index (χ4n) is 3.03. The molecular formula is C13H22N2OS. The number of amides is 1. The van der Waals surface area contributed by atoms with Gasteiger partial charge in [0.15, 0.2) is 0 Å². The Morgan fingerprint density at radius 3 is 2.65 bits per heavy atom. The Labute approximate surface area is 108 Å². The standard InChI is InChI=1S/C13H22N2OS/c16-13(10-2-1-6-14-8-10)15(11-3-4-11)12-5-7-17-9-12/h10-12,14H,1-9H2/t10-,12-/m0/s1. The van der Waals surface area contributed by atoms with E-state index in [9.17, 15) is 4.79 Å². The lowest BCUT2D eigenvalue weighted by Gasteiger charge is -2.33. The van der Waals surface area contributed by atoms with Crippen molar-refractivity contribution in [2.24, 2.45) is 5.92 Å². The minimum atomic E-state index is 0.259. The summed E-state index contributed by atoms with van der Waals surface area (Å²) in [5.74, 6) is 3.12. The van der Waals surface area contributed by atoms with E-state index in [-0.39, 0.29) is 5.92 Å². The number of piperidine rings is 1. The Hall–Kier alpha value is -0.220. The molecular weight excluding hydrogens is 232 g/mol. The molecule has 0 spiro atoms. The van der Waals surface area contributed by atoms with Crippen LogP contribution in [-0.2, 0) is 4.79 Å². The lowest BCUT2D eigenvalue weighted by Crippen LogP contribution is -2.48. The van der Waals surface area contributed by atoms with Crippen LogP contribution >= 0.6 is 11.8 Å². The van der Waals surface area contributed by atoms with Gasteiger partial charge in [0, 0.05) is 24.4 Å². The molecule has 17 heavy (non-hydrogen) atoms. The quantitative estimate of drug-likeness (QED) is 0.828. The molecule has 0 unspecified atom stereocenters. The van der Waals surface area contributed by atoms with Crippen LogP contribution in [0, 0.1) is 5.92 Å². The van der Waals surface area contributed by atoms with E-state index >= 15 is 0 Å². The molecule has 2 aliphatic heterocycles. The van der Waals surface area contributed by atoms with Gasteiger partial charge in [-0.15, -0.1) is 0 Å². The van der Waals surface area contributed by atoms with Crippen LogP contribution < -0.4 is 5.32 Å². The average molecular weight is 254 g/mol. The summed E-state index contributed by atoms with van der Waals surface area (Å²) in [5.41, 5.74) is 0. The maximum atomic E-state index is 12.6. The first-order chi connectivity index (χ1) is 8.36. The van der Waals surface area contributed by atoms with Crippen molar-refractivity contribution in [2.45, 2.75) is 44.2 Å². The number of rotatable bonds is 3. The first-order valence-electron chi connectivity index (χ1n) is 6.97. The van der Waals surface area contributed by atoms with Gasteiger partial charge in [0.05, 0.1) is 5.92 Å². The van der Waals surface area contributed by atoms with Crippen LogP contribution in [-0.4, -0.2) is 47.5 Å². The SMILES string of the molecule is O=C([C@H]1CCCNC1)N(C1CC1)[C@H]1CCSC1. The summed E-state index contributed by atoms with van der Waals surface area (Å²) >= 11 is 2.01. The van der Waals surface area contributed by atoms with Gasteiger partial charge in [-0.25, -0.2) is 0 Å². The van der Waals surface area contributed by atoms with Crippen molar-refractivity contribution in [3.05, 3.63) is 0 Å². The molecule has 2 atom stereocenters. The highest BCUT2D eigenvalue weighted by Crippen LogP contribution is 2.35. The van der Waals surface area contributed by atoms with Gasteiger partial charge in [-0.2, -0.15) is 11.8 Å². The van der Waals surface area contributed by atoms with Gasteiger partial charge in [-0.05, 0) is 44.4 Å². The zero-order valence-electron chi connectivity index (χ0n) is 10.4. The summed E-state index contributed by atoms with van der Waals surface area (Å²) < 4.78 is 0. The molecule has 0 bridgehead atoms. The van der Waals surface area contributed by atoms with Gasteiger partial charge in [0.1, 0.15) is 0 Å². The number of carbonyl (C=O) groups excluding carboxylic acids is 1. The molecule has 1 N–H and O–H groups in total. The molecule has 3 fully saturated rings. The van der Waals surface area contributed by atoms with Crippen molar-refractivity contribution in [1.29, 1.82) is 0 Å². The molecule has 1 saturated carbocycles. The third kappa shape index (κ3) is 2.63. The molecule has 4 heteroatoms. The van der Waals surface area contributed by atoms with Gasteiger partial charge in [0.25, 0.3) is 0 Å². The largest absolute Gasteiger partial charge is 0.336 e. The summed E-state index contributed by atoms with van der Waals surface area (Å²) in [6.07, 6.45) is 5.95. The van der Waals surface area contributed by atoms with Crippen LogP contribution in [0.5, 0.6) is 0 Å². The predicted molar refractivity (Wildman–Crippen MR) is 71.2 cm³/mol. The van der Waals surface area contributed by atoms with Crippen molar-refractivity contribution in [1.82, 2.24) is 10.2 Å². The summed E-state index contributed by atoms with van der Waals surface area (Å²) in [7, 11) is 0. The Kier molecular flexibility index (Phi) is 3.61. The number of thioether (sulfide) groups is 1. The highest BCUT2D eigenvalue weighted by Gasteiger charge is 2.40. The van der Waals surface area contributed by atoms with Crippen LogP contribution in [0.1, 0.15) is 32.1 Å². The maximum absolute atomic E-state index is 12.6. The van der Waals surface area contributed by atoms with E-state index in [4.69, 9.17) is 0 Å². The number of nitrogens with one attached hydrogen (secondary N) is 1. The third-order valence-electron chi connectivity index (χ3n) is 4.14. The van der Waals surface area contributed by atoms with Crippen LogP contribution in [0.15, 0.2) is 0 Å². The second-order valence-corrected chi connectivity index (χ2v) is 6.69. The summed E-state index contributed by atoms with van der Waals surface area (Å²) in [4.78, 5) is 14.9. The molecule has 3 rings (SSSR count). The molecule has 0 aromatic carbocycles. The predicted octanol–water partition coefficient (Wildman–Crippen LogP) is 1.48. The number of carbonyl (C=O) groups is 1. The Morgan fingerprint density at radius 2 is 2.06 bits per heavy atom. The number of hydrogen-bond acceptors (Lipinski definition) is 3. The minimum Gasteiger partial charge on any atom is -0.336 e. The van der Waals surface area contributed by atoms with E-state index < -0.39 is 0 Å². The van der Waals surface area contributed by atoms with E-state index in [2.05, 4.69) is 10.2 Å². The topological polar surface area (TPSA) is 32.3 Å². The van der Waals surface area contributed by atoms with Crippen molar-refractivity contribution in [3.8, 4) is 0 Å². The highest BCUT2D eigenvalue weighted by molar-refractivity contribution is 7.99. The first kappa shape index (κ1) is 11.8. The van der Waals surface area contributed by atoms with Gasteiger partial charge in [0.2, 0.25) is 5.91 Å². The zero-order chi connectivity index (χ0) is 11.7. The smallest absolute Gasteiger partial charge is 0.227 e. The van der Waals surface area contributed by atoms with Crippen molar-refractivity contribution < 1.29 is 4.79 Å². The zero-order valence-corrected chi connectivity index (χ0v) is 11.2. The lowest BCUT2D eigenvalue weighted by molar-refractivity contribution is -0.138. The second kappa shape index (κ2) is 5.19. The van der Waals surface area contributed by atoms with Crippen LogP contribution in [0.2, 0.25) is 0 Å². The van der Waals surface area contributed by atoms with Gasteiger partial charge in [-0.3, -0.25) is 4.79 Å². The van der Waals surface area contributed by atoms with E-state index in [1.807, 2.05) is 11.8 Å². The molecule has 2 saturated heterocycles. The first-order valence-corrected chi connectivity index (χ1v) is 8.12. The average Bonchev–Trinajstić information content (AvgIpc) is 3.05. The third-order valence-corrected chi connectivity index (χ3v) is 5.28.